The van der Waals surface area contributed by atoms with E-state index in [1.165, 1.54) is 4.90 Å². The van der Waals surface area contributed by atoms with E-state index in [2.05, 4.69) is 40.3 Å². The van der Waals surface area contributed by atoms with Crippen LogP contribution in [-0.4, -0.2) is 66.1 Å². The normalized spacial score (nSPS) is 19.4. The van der Waals surface area contributed by atoms with Crippen molar-refractivity contribution in [2.75, 3.05) is 13.2 Å². The van der Waals surface area contributed by atoms with E-state index >= 15 is 0 Å². The Kier molecular flexibility index (Phi) is 7.83. The van der Waals surface area contributed by atoms with Crippen molar-refractivity contribution in [1.29, 1.82) is 0 Å². The molecule has 39 heavy (non-hydrogen) atoms. The third-order valence-electron chi connectivity index (χ3n) is 6.88. The zero-order chi connectivity index (χ0) is 28.2. The summed E-state index contributed by atoms with van der Waals surface area (Å²) < 4.78 is 13.3. The fourth-order valence-corrected chi connectivity index (χ4v) is 5.48. The maximum atomic E-state index is 13.2. The van der Waals surface area contributed by atoms with Crippen LogP contribution >= 0.6 is 0 Å². The molecule has 10 heteroatoms. The number of alkyl carbamates (subject to hydrolysis) is 1. The van der Waals surface area contributed by atoms with Crippen molar-refractivity contribution in [3.05, 3.63) is 59.7 Å². The Balaban J connectivity index is 1.42. The Morgan fingerprint density at radius 3 is 2.28 bits per heavy atom. The van der Waals surface area contributed by atoms with Gasteiger partial charge in [-0.3, -0.25) is 0 Å². The molecule has 0 bridgehead atoms. The average Bonchev–Trinajstić information content (AvgIpc) is 3.46. The van der Waals surface area contributed by atoms with Crippen LogP contribution in [0.25, 0.3) is 11.1 Å². The van der Waals surface area contributed by atoms with Crippen molar-refractivity contribution >= 4 is 24.3 Å². The summed E-state index contributed by atoms with van der Waals surface area (Å²) >= 11 is 0. The van der Waals surface area contributed by atoms with Crippen LogP contribution in [0.4, 0.5) is 9.59 Å². The van der Waals surface area contributed by atoms with E-state index < -0.39 is 29.9 Å². The molecule has 0 unspecified atom stereocenters. The van der Waals surface area contributed by atoms with Gasteiger partial charge in [-0.25, -0.2) is 0 Å². The Bertz CT molecular complexity index is 1200. The quantitative estimate of drug-likeness (QED) is 0.407. The van der Waals surface area contributed by atoms with Gasteiger partial charge < -0.3 is 0 Å². The first-order valence-electron chi connectivity index (χ1n) is 13.1. The molecule has 3 amide bonds. The number of carbonyl (C=O) groups is 3. The van der Waals surface area contributed by atoms with E-state index in [0.29, 0.717) is 6.42 Å². The van der Waals surface area contributed by atoms with Gasteiger partial charge in [0.2, 0.25) is 0 Å². The van der Waals surface area contributed by atoms with Crippen LogP contribution in [0.1, 0.15) is 57.6 Å². The van der Waals surface area contributed by atoms with Gasteiger partial charge in [0.1, 0.15) is 0 Å². The van der Waals surface area contributed by atoms with Crippen molar-refractivity contribution in [2.24, 2.45) is 5.41 Å². The number of fused-ring (bicyclic) bond motifs is 3. The Morgan fingerprint density at radius 2 is 1.72 bits per heavy atom. The van der Waals surface area contributed by atoms with Crippen LogP contribution < -0.4 is 10.6 Å². The number of likely N-dealkylation sites (tertiary alicyclic amines) is 1. The van der Waals surface area contributed by atoms with Gasteiger partial charge in [0.05, 0.1) is 0 Å². The summed E-state index contributed by atoms with van der Waals surface area (Å²) in [4.78, 5) is 40.4. The molecule has 0 spiro atoms. The minimum absolute atomic E-state index is 0.0616. The summed E-state index contributed by atoms with van der Waals surface area (Å²) in [7, 11) is 0. The molecule has 2 N–H and O–H groups in total. The Morgan fingerprint density at radius 1 is 1.10 bits per heavy atom. The Hall–Kier alpha value is -4.88. The van der Waals surface area contributed by atoms with Crippen molar-refractivity contribution in [2.45, 2.75) is 70.2 Å². The molecule has 0 saturated carbocycles. The van der Waals surface area contributed by atoms with E-state index in [9.17, 15) is 14.4 Å². The van der Waals surface area contributed by atoms with Gasteiger partial charge in [-0.1, -0.05) is 48.5 Å². The summed E-state index contributed by atoms with van der Waals surface area (Å²) in [5, 5.41) is 9.73. The van der Waals surface area contributed by atoms with Gasteiger partial charge >= 0.3 is 147 Å². The Labute approximate surface area is 223 Å². The van der Waals surface area contributed by atoms with Crippen molar-refractivity contribution in [1.82, 2.24) is 15.5 Å². The van der Waals surface area contributed by atoms with Gasteiger partial charge in [0.15, 0.2) is 0 Å². The van der Waals surface area contributed by atoms with Gasteiger partial charge in [-0.2, -0.15) is 0 Å². The molecule has 3 atom stereocenters. The first kappa shape index (κ1) is 27.2. The molecular formula is C29H35LrN4O5. The molecule has 1 aliphatic carbocycles. The average molecular weight is 782 g/mol. The molecule has 1 heterocycles. The fraction of sp³-hybridized carbons (Fsp3) is 0.448. The zero-order valence-corrected chi connectivity index (χ0v) is 24.7. The van der Waals surface area contributed by atoms with Crippen molar-refractivity contribution < 1.29 is 23.9 Å². The summed E-state index contributed by atoms with van der Waals surface area (Å²) in [5.41, 5.74) is 3.82. The van der Waals surface area contributed by atoms with Gasteiger partial charge in [0, 0.05) is 5.92 Å². The van der Waals surface area contributed by atoms with Crippen molar-refractivity contribution in [3.63, 3.8) is 0 Å². The SMILES string of the molecule is CC[C@@H](/C=[N]/[Lr])NC(=O)[C@@H]1C[C@@H](NC(=O)OCC2c3ccccc3-c3ccccc32)CN1C(=O)OC(C)(C)C. The second-order valence-electron chi connectivity index (χ2n) is 10.8. The molecule has 1 aliphatic heterocycles. The fourth-order valence-electron chi connectivity index (χ4n) is 5.09. The summed E-state index contributed by atoms with van der Waals surface area (Å²) in [6, 6.07) is 14.7. The number of hydrogen-bond acceptors (Lipinski definition) is 6. The van der Waals surface area contributed by atoms with E-state index in [-0.39, 0.29) is 37.4 Å². The zero-order valence-electron chi connectivity index (χ0n) is 22.5. The van der Waals surface area contributed by atoms with Gasteiger partial charge in [-0.05, 0) is 22.3 Å². The molecule has 4 rings (SSSR count). The predicted molar refractivity (Wildman–Crippen MR) is 144 cm³/mol. The van der Waals surface area contributed by atoms with E-state index in [0.717, 1.165) is 22.3 Å². The molecule has 9 nitrogen and oxygen atoms in total. The number of benzene rings is 2. The molecule has 1 saturated heterocycles. The molecule has 2 aromatic carbocycles. The van der Waals surface area contributed by atoms with Crippen LogP contribution in [0.3, 0.4) is 0 Å². The van der Waals surface area contributed by atoms with Crippen molar-refractivity contribution in [3.8, 4) is 11.1 Å². The van der Waals surface area contributed by atoms with Crippen LogP contribution in [0.5, 0.6) is 0 Å². The molecule has 2 aromatic rings. The summed E-state index contributed by atoms with van der Waals surface area (Å²) in [6.45, 7) is 7.55. The number of rotatable bonds is 7. The molecule has 0 radical (unpaired) electrons. The second-order valence-corrected chi connectivity index (χ2v) is 11.3. The maximum absolute atomic E-state index is 13.2. The van der Waals surface area contributed by atoms with Gasteiger partial charge in [0.25, 0.3) is 0 Å². The van der Waals surface area contributed by atoms with E-state index in [1.807, 2.05) is 31.2 Å². The van der Waals surface area contributed by atoms with Gasteiger partial charge in [-0.15, -0.1) is 0 Å². The van der Waals surface area contributed by atoms with E-state index in [4.69, 9.17) is 9.47 Å². The molecular weight excluding hydrogens is 746 g/mol. The number of carbonyl (C=O) groups excluding carboxylic acids is 3. The first-order chi connectivity index (χ1) is 18.6. The minimum atomic E-state index is -0.798. The number of hydrogen-bond donors (Lipinski definition) is 2. The van der Waals surface area contributed by atoms with E-state index in [1.54, 1.807) is 27.0 Å². The summed E-state index contributed by atoms with van der Waals surface area (Å²) in [5.74, 6) is -0.383. The standard InChI is InChI=1S/C29H35N4O5.Lr/c1-5-18(15-30)31-26(34)25-14-19(16-33(25)28(36)38-29(2,3)4)32-27(35)37-17-24-22-12-8-6-10-20(22)21-11-7-9-13-23(21)24;/h6-13,15,18-19,24-25H,5,14,16-17H2,1-4H3,(H,31,34)(H,32,35);/q-1;+1/t18-,19+,25-;/m0./s1. The van der Waals surface area contributed by atoms with Crippen LogP contribution in [0, 0.1) is 0 Å². The third kappa shape index (κ3) is 6.17. The first-order valence-corrected chi connectivity index (χ1v) is 14.1. The van der Waals surface area contributed by atoms with Crippen LogP contribution in [0.2, 0.25) is 0 Å². The number of nitrogens with one attached hydrogen (secondary N) is 2. The number of ether oxygens (including phenoxy) is 2. The molecule has 216 valence electrons. The molecule has 0 aromatic heterocycles. The second kappa shape index (κ2) is 11.2. The van der Waals surface area contributed by atoms with Crippen LogP contribution in [-0.2, 0) is 14.3 Å². The molecule has 1 fully saturated rings. The van der Waals surface area contributed by atoms with Crippen LogP contribution in [0.15, 0.2) is 53.9 Å². The monoisotopic (exact) mass is 781 g/mol. The topological polar surface area (TPSA) is 109 Å². The predicted octanol–water partition coefficient (Wildman–Crippen LogP) is 4.33. The molecule has 2 aliphatic rings. The number of amides is 3. The summed E-state index contributed by atoms with van der Waals surface area (Å²) in [6.07, 6.45) is 1.34. The third-order valence-corrected chi connectivity index (χ3v) is 7.20. The number of nitrogens with zero attached hydrogens (tertiary/aromatic N) is 2.